The Morgan fingerprint density at radius 2 is 1.75 bits per heavy atom. The number of alkyl halides is 2. The predicted octanol–water partition coefficient (Wildman–Crippen LogP) is 5.51. The average molecular weight is 375 g/mol. The molecule has 0 aliphatic heterocycles. The molecule has 0 spiro atoms. The minimum atomic E-state index is -3.28. The molecule has 3 nitrogen and oxygen atoms in total. The molecule has 0 saturated heterocycles. The van der Waals surface area contributed by atoms with Crippen LogP contribution >= 0.6 is 23.2 Å². The van der Waals surface area contributed by atoms with E-state index in [0.717, 1.165) is 0 Å². The number of ketones is 1. The highest BCUT2D eigenvalue weighted by Gasteiger charge is 2.23. The fourth-order valence-corrected chi connectivity index (χ4v) is 2.52. The second-order valence-corrected chi connectivity index (χ2v) is 5.99. The highest BCUT2D eigenvalue weighted by molar-refractivity contribution is 6.43. The maximum absolute atomic E-state index is 12.7. The van der Waals surface area contributed by atoms with E-state index in [2.05, 4.69) is 4.74 Å². The van der Waals surface area contributed by atoms with Crippen molar-refractivity contribution >= 4 is 29.0 Å². The van der Waals surface area contributed by atoms with Crippen molar-refractivity contribution in [3.63, 3.8) is 0 Å². The monoisotopic (exact) mass is 374 g/mol. The lowest BCUT2D eigenvalue weighted by atomic mass is 10.0. The van der Waals surface area contributed by atoms with E-state index in [1.54, 1.807) is 6.07 Å². The van der Waals surface area contributed by atoms with Gasteiger partial charge in [0.2, 0.25) is 0 Å². The molecule has 0 aliphatic carbocycles. The molecule has 0 bridgehead atoms. The van der Waals surface area contributed by atoms with E-state index < -0.39 is 6.11 Å². The Kier molecular flexibility index (Phi) is 5.67. The molecule has 24 heavy (non-hydrogen) atoms. The van der Waals surface area contributed by atoms with Crippen LogP contribution in [0, 0.1) is 0 Å². The van der Waals surface area contributed by atoms with Crippen LogP contribution in [0.4, 0.5) is 8.78 Å². The number of halogens is 4. The summed E-state index contributed by atoms with van der Waals surface area (Å²) in [5.74, 6) is -0.322. The molecule has 0 heterocycles. The summed E-state index contributed by atoms with van der Waals surface area (Å²) in [6.07, 6.45) is -2.78. The zero-order chi connectivity index (χ0) is 17.9. The number of carbonyl (C=O) groups excluding carboxylic acids is 1. The summed E-state index contributed by atoms with van der Waals surface area (Å²) in [6.45, 7) is 0.637. The molecule has 0 saturated carbocycles. The van der Waals surface area contributed by atoms with Crippen LogP contribution in [0.25, 0.3) is 0 Å². The van der Waals surface area contributed by atoms with Crippen LogP contribution < -0.4 is 4.74 Å². The number of Topliss-reactive ketones (excluding diaryl/α,β-unsaturated/α-hetero) is 1. The number of benzene rings is 2. The number of hydrogen-bond acceptors (Lipinski definition) is 3. The number of aromatic hydroxyl groups is 1. The molecule has 0 amide bonds. The molecular formula is C17H14Cl2F2O3. The Bertz CT molecular complexity index is 741. The van der Waals surface area contributed by atoms with Gasteiger partial charge in [0, 0.05) is 18.9 Å². The SMILES string of the molecule is CC(F)(F)Oc1ccc(C(=O)CCc2ccc(O)c(Cl)c2Cl)cc1. The minimum absolute atomic E-state index is 0.0209. The standard InChI is InChI=1S/C17H14Cl2F2O3/c1-17(20,21)24-12-6-2-10(3-7-12)13(22)8-4-11-5-9-14(23)16(19)15(11)18/h2-3,5-7,9,23H,4,8H2,1H3. The lowest BCUT2D eigenvalue weighted by Crippen LogP contribution is -2.19. The third kappa shape index (κ3) is 4.82. The summed E-state index contributed by atoms with van der Waals surface area (Å²) < 4.78 is 29.9. The molecule has 0 radical (unpaired) electrons. The molecule has 2 aromatic rings. The van der Waals surface area contributed by atoms with Crippen molar-refractivity contribution in [3.8, 4) is 11.5 Å². The van der Waals surface area contributed by atoms with Gasteiger partial charge in [0.25, 0.3) is 0 Å². The van der Waals surface area contributed by atoms with Gasteiger partial charge in [-0.3, -0.25) is 4.79 Å². The van der Waals surface area contributed by atoms with Crippen molar-refractivity contribution in [1.82, 2.24) is 0 Å². The van der Waals surface area contributed by atoms with Gasteiger partial charge in [-0.1, -0.05) is 29.3 Å². The first-order chi connectivity index (χ1) is 11.2. The van der Waals surface area contributed by atoms with Crippen LogP contribution in [0.2, 0.25) is 10.0 Å². The van der Waals surface area contributed by atoms with Gasteiger partial charge in [-0.25, -0.2) is 0 Å². The molecule has 0 aromatic heterocycles. The fourth-order valence-electron chi connectivity index (χ4n) is 2.08. The second-order valence-electron chi connectivity index (χ2n) is 5.23. The normalized spacial score (nSPS) is 11.4. The lowest BCUT2D eigenvalue weighted by molar-refractivity contribution is -0.158. The molecule has 0 atom stereocenters. The van der Waals surface area contributed by atoms with E-state index in [4.69, 9.17) is 23.2 Å². The van der Waals surface area contributed by atoms with Crippen molar-refractivity contribution in [2.75, 3.05) is 0 Å². The summed E-state index contributed by atoms with van der Waals surface area (Å²) >= 11 is 11.9. The van der Waals surface area contributed by atoms with Crippen molar-refractivity contribution in [2.24, 2.45) is 0 Å². The summed E-state index contributed by atoms with van der Waals surface area (Å²) in [5.41, 5.74) is 1.01. The molecule has 0 fully saturated rings. The average Bonchev–Trinajstić information content (AvgIpc) is 2.51. The Hall–Kier alpha value is -1.85. The largest absolute Gasteiger partial charge is 0.506 e. The third-order valence-corrected chi connectivity index (χ3v) is 4.15. The number of ether oxygens (including phenoxy) is 1. The second kappa shape index (κ2) is 7.36. The molecule has 2 aromatic carbocycles. The Balaban J connectivity index is 2.02. The minimum Gasteiger partial charge on any atom is -0.506 e. The first-order valence-corrected chi connectivity index (χ1v) is 7.79. The van der Waals surface area contributed by atoms with E-state index in [-0.39, 0.29) is 33.7 Å². The number of phenolic OH excluding ortho intramolecular Hbond substituents is 1. The summed E-state index contributed by atoms with van der Waals surface area (Å²) in [6, 6.07) is 8.48. The van der Waals surface area contributed by atoms with Crippen LogP contribution in [0.15, 0.2) is 36.4 Å². The Morgan fingerprint density at radius 1 is 1.12 bits per heavy atom. The first-order valence-electron chi connectivity index (χ1n) is 7.03. The van der Waals surface area contributed by atoms with Gasteiger partial charge >= 0.3 is 6.11 Å². The molecule has 128 valence electrons. The topological polar surface area (TPSA) is 46.5 Å². The van der Waals surface area contributed by atoms with Gasteiger partial charge in [0.05, 0.1) is 5.02 Å². The molecule has 7 heteroatoms. The fraction of sp³-hybridized carbons (Fsp3) is 0.235. The molecule has 2 rings (SSSR count). The van der Waals surface area contributed by atoms with Crippen LogP contribution in [0.1, 0.15) is 29.3 Å². The van der Waals surface area contributed by atoms with Gasteiger partial charge in [-0.15, -0.1) is 0 Å². The molecule has 0 aliphatic rings. The van der Waals surface area contributed by atoms with Crippen molar-refractivity contribution < 1.29 is 23.4 Å². The lowest BCUT2D eigenvalue weighted by Gasteiger charge is -2.13. The third-order valence-electron chi connectivity index (χ3n) is 3.24. The number of carbonyl (C=O) groups is 1. The molecular weight excluding hydrogens is 361 g/mol. The van der Waals surface area contributed by atoms with Crippen LogP contribution in [0.5, 0.6) is 11.5 Å². The number of hydrogen-bond donors (Lipinski definition) is 1. The predicted molar refractivity (Wildman–Crippen MR) is 88.5 cm³/mol. The summed E-state index contributed by atoms with van der Waals surface area (Å²) in [4.78, 5) is 12.2. The molecule has 0 unspecified atom stereocenters. The van der Waals surface area contributed by atoms with Gasteiger partial charge < -0.3 is 9.84 Å². The number of aryl methyl sites for hydroxylation is 1. The van der Waals surface area contributed by atoms with E-state index in [0.29, 0.717) is 24.5 Å². The smallest absolute Gasteiger partial charge is 0.394 e. The quantitative estimate of drug-likeness (QED) is 0.678. The van der Waals surface area contributed by atoms with Crippen molar-refractivity contribution in [1.29, 1.82) is 0 Å². The molecule has 1 N–H and O–H groups in total. The summed E-state index contributed by atoms with van der Waals surface area (Å²) in [5, 5.41) is 9.69. The van der Waals surface area contributed by atoms with Crippen molar-refractivity contribution in [3.05, 3.63) is 57.6 Å². The maximum atomic E-state index is 12.7. The highest BCUT2D eigenvalue weighted by Crippen LogP contribution is 2.34. The first kappa shape index (κ1) is 18.5. The maximum Gasteiger partial charge on any atom is 0.394 e. The van der Waals surface area contributed by atoms with Gasteiger partial charge in [-0.2, -0.15) is 8.78 Å². The van der Waals surface area contributed by atoms with Crippen molar-refractivity contribution in [2.45, 2.75) is 25.9 Å². The van der Waals surface area contributed by atoms with E-state index in [1.165, 1.54) is 30.3 Å². The van der Waals surface area contributed by atoms with Gasteiger partial charge in [0.15, 0.2) is 5.78 Å². The van der Waals surface area contributed by atoms with E-state index in [1.807, 2.05) is 0 Å². The Morgan fingerprint density at radius 3 is 2.33 bits per heavy atom. The number of rotatable bonds is 6. The van der Waals surface area contributed by atoms with E-state index in [9.17, 15) is 18.7 Å². The van der Waals surface area contributed by atoms with Crippen LogP contribution in [0.3, 0.4) is 0 Å². The highest BCUT2D eigenvalue weighted by atomic mass is 35.5. The Labute approximate surface area is 147 Å². The van der Waals surface area contributed by atoms with E-state index >= 15 is 0 Å². The zero-order valence-corrected chi connectivity index (χ0v) is 14.2. The van der Waals surface area contributed by atoms with Crippen LogP contribution in [-0.4, -0.2) is 17.0 Å². The van der Waals surface area contributed by atoms with Crippen LogP contribution in [-0.2, 0) is 6.42 Å². The number of phenols is 1. The zero-order valence-electron chi connectivity index (χ0n) is 12.7. The van der Waals surface area contributed by atoms with Gasteiger partial charge in [-0.05, 0) is 42.3 Å². The summed E-state index contributed by atoms with van der Waals surface area (Å²) in [7, 11) is 0. The van der Waals surface area contributed by atoms with Gasteiger partial charge in [0.1, 0.15) is 16.5 Å².